The first kappa shape index (κ1) is 15.1. The number of rotatable bonds is 7. The van der Waals surface area contributed by atoms with Crippen LogP contribution in [0.5, 0.6) is 0 Å². The molecule has 0 radical (unpaired) electrons. The molecule has 0 aliphatic heterocycles. The summed E-state index contributed by atoms with van der Waals surface area (Å²) in [6, 6.07) is 0.911. The quantitative estimate of drug-likeness (QED) is 0.768. The minimum atomic E-state index is -0.996. The molecule has 1 amide bonds. The fourth-order valence-corrected chi connectivity index (χ4v) is 1.67. The van der Waals surface area contributed by atoms with Gasteiger partial charge in [0, 0.05) is 18.3 Å². The van der Waals surface area contributed by atoms with Gasteiger partial charge in [0.15, 0.2) is 0 Å². The first-order valence-corrected chi connectivity index (χ1v) is 6.26. The molecule has 6 heteroatoms. The Morgan fingerprint density at radius 1 is 1.42 bits per heavy atom. The van der Waals surface area contributed by atoms with Gasteiger partial charge in [-0.25, -0.2) is 14.8 Å². The maximum absolute atomic E-state index is 11.7. The number of carbonyl (C=O) groups is 2. The molecule has 1 rings (SSSR count). The minimum Gasteiger partial charge on any atom is -0.480 e. The minimum absolute atomic E-state index is 0.211. The highest BCUT2D eigenvalue weighted by Gasteiger charge is 2.20. The van der Waals surface area contributed by atoms with E-state index in [9.17, 15) is 9.59 Å². The number of aromatic nitrogens is 2. The van der Waals surface area contributed by atoms with Crippen molar-refractivity contribution in [1.82, 2.24) is 15.3 Å². The van der Waals surface area contributed by atoms with E-state index in [2.05, 4.69) is 15.3 Å². The van der Waals surface area contributed by atoms with Gasteiger partial charge in [-0.2, -0.15) is 0 Å². The molecule has 6 nitrogen and oxygen atoms in total. The zero-order chi connectivity index (χ0) is 14.3. The van der Waals surface area contributed by atoms with Crippen LogP contribution in [0, 0.1) is 5.92 Å². The van der Waals surface area contributed by atoms with E-state index in [-0.39, 0.29) is 18.2 Å². The van der Waals surface area contributed by atoms with Crippen molar-refractivity contribution in [2.45, 2.75) is 39.2 Å². The maximum atomic E-state index is 11.7. The molecule has 0 aliphatic carbocycles. The Kier molecular flexibility index (Phi) is 5.92. The molecular formula is C13H19N3O3. The number of carbonyl (C=O) groups excluding carboxylic acids is 1. The van der Waals surface area contributed by atoms with Crippen molar-refractivity contribution < 1.29 is 14.7 Å². The highest BCUT2D eigenvalue weighted by Crippen LogP contribution is 2.06. The summed E-state index contributed by atoms with van der Waals surface area (Å²) < 4.78 is 0. The van der Waals surface area contributed by atoms with Crippen molar-refractivity contribution in [2.24, 2.45) is 5.92 Å². The van der Waals surface area contributed by atoms with E-state index in [0.29, 0.717) is 12.8 Å². The van der Waals surface area contributed by atoms with E-state index < -0.39 is 12.0 Å². The molecule has 0 aromatic carbocycles. The molecule has 1 unspecified atom stereocenters. The van der Waals surface area contributed by atoms with Crippen LogP contribution in [0.25, 0.3) is 0 Å². The lowest BCUT2D eigenvalue weighted by molar-refractivity contribution is -0.142. The van der Waals surface area contributed by atoms with E-state index in [1.165, 1.54) is 6.33 Å². The molecule has 19 heavy (non-hydrogen) atoms. The smallest absolute Gasteiger partial charge is 0.326 e. The van der Waals surface area contributed by atoms with Crippen molar-refractivity contribution in [2.75, 3.05) is 0 Å². The second-order valence-corrected chi connectivity index (χ2v) is 4.79. The lowest BCUT2D eigenvalue weighted by Crippen LogP contribution is -2.41. The highest BCUT2D eigenvalue weighted by atomic mass is 16.4. The van der Waals surface area contributed by atoms with E-state index in [1.54, 1.807) is 12.3 Å². The number of carboxylic acid groups (broad SMARTS) is 1. The lowest BCUT2D eigenvalue weighted by Gasteiger charge is -2.16. The van der Waals surface area contributed by atoms with Gasteiger partial charge in [-0.15, -0.1) is 0 Å². The third-order valence-electron chi connectivity index (χ3n) is 2.59. The molecule has 2 N–H and O–H groups in total. The molecule has 1 heterocycles. The summed E-state index contributed by atoms with van der Waals surface area (Å²) in [5.74, 6) is -1.06. The Morgan fingerprint density at radius 3 is 2.68 bits per heavy atom. The van der Waals surface area contributed by atoms with Crippen LogP contribution in [0.15, 0.2) is 18.6 Å². The van der Waals surface area contributed by atoms with Gasteiger partial charge in [0.25, 0.3) is 0 Å². The largest absolute Gasteiger partial charge is 0.480 e. The third-order valence-corrected chi connectivity index (χ3v) is 2.59. The van der Waals surface area contributed by atoms with E-state index in [1.807, 2.05) is 13.8 Å². The van der Waals surface area contributed by atoms with Crippen molar-refractivity contribution in [3.05, 3.63) is 24.3 Å². The summed E-state index contributed by atoms with van der Waals surface area (Å²) in [4.78, 5) is 30.5. The predicted octanol–water partition coefficient (Wildman–Crippen LogP) is 1.02. The zero-order valence-corrected chi connectivity index (χ0v) is 11.2. The number of carboxylic acids is 1. The van der Waals surface area contributed by atoms with Crippen LogP contribution in [-0.4, -0.2) is 33.0 Å². The van der Waals surface area contributed by atoms with Crippen molar-refractivity contribution >= 4 is 11.9 Å². The van der Waals surface area contributed by atoms with Crippen LogP contribution in [-0.2, 0) is 16.0 Å². The molecule has 0 aliphatic rings. The van der Waals surface area contributed by atoms with Crippen LogP contribution in [0.3, 0.4) is 0 Å². The summed E-state index contributed by atoms with van der Waals surface area (Å²) in [5, 5.41) is 11.6. The van der Waals surface area contributed by atoms with Gasteiger partial charge in [-0.1, -0.05) is 13.8 Å². The van der Waals surface area contributed by atoms with Gasteiger partial charge < -0.3 is 10.4 Å². The standard InChI is InChI=1S/C13H19N3O3/c1-9(2)7-11(13(18)19)16-12(17)4-3-10-5-6-14-8-15-10/h5-6,8-9,11H,3-4,7H2,1-2H3,(H,16,17)(H,18,19). The molecule has 0 saturated carbocycles. The van der Waals surface area contributed by atoms with Gasteiger partial charge in [-0.3, -0.25) is 4.79 Å². The van der Waals surface area contributed by atoms with Crippen LogP contribution in [0.1, 0.15) is 32.4 Å². The van der Waals surface area contributed by atoms with Gasteiger partial charge >= 0.3 is 5.97 Å². The highest BCUT2D eigenvalue weighted by molar-refractivity contribution is 5.83. The number of nitrogens with one attached hydrogen (secondary N) is 1. The monoisotopic (exact) mass is 265 g/mol. The second-order valence-electron chi connectivity index (χ2n) is 4.79. The third kappa shape index (κ3) is 5.94. The summed E-state index contributed by atoms with van der Waals surface area (Å²) >= 11 is 0. The second kappa shape index (κ2) is 7.45. The number of hydrogen-bond acceptors (Lipinski definition) is 4. The van der Waals surface area contributed by atoms with Crippen molar-refractivity contribution in [1.29, 1.82) is 0 Å². The molecule has 0 spiro atoms. The molecule has 104 valence electrons. The first-order valence-electron chi connectivity index (χ1n) is 6.26. The SMILES string of the molecule is CC(C)CC(NC(=O)CCc1ccncn1)C(=O)O. The molecular weight excluding hydrogens is 246 g/mol. The Bertz CT molecular complexity index is 420. The first-order chi connectivity index (χ1) is 8.99. The van der Waals surface area contributed by atoms with Gasteiger partial charge in [0.2, 0.25) is 5.91 Å². The van der Waals surface area contributed by atoms with Crippen molar-refractivity contribution in [3.63, 3.8) is 0 Å². The Balaban J connectivity index is 2.42. The fourth-order valence-electron chi connectivity index (χ4n) is 1.67. The topological polar surface area (TPSA) is 92.2 Å². The van der Waals surface area contributed by atoms with Crippen LogP contribution >= 0.6 is 0 Å². The zero-order valence-electron chi connectivity index (χ0n) is 11.2. The molecule has 1 aromatic rings. The Morgan fingerprint density at radius 2 is 2.16 bits per heavy atom. The number of aryl methyl sites for hydroxylation is 1. The molecule has 0 bridgehead atoms. The average Bonchev–Trinajstić information content (AvgIpc) is 2.36. The number of amides is 1. The van der Waals surface area contributed by atoms with Gasteiger partial charge in [0.1, 0.15) is 12.4 Å². The Labute approximate surface area is 112 Å². The molecule has 0 fully saturated rings. The summed E-state index contributed by atoms with van der Waals surface area (Å²) in [6.45, 7) is 3.84. The summed E-state index contributed by atoms with van der Waals surface area (Å²) in [5.41, 5.74) is 0.765. The average molecular weight is 265 g/mol. The van der Waals surface area contributed by atoms with E-state index in [4.69, 9.17) is 5.11 Å². The normalized spacial score (nSPS) is 12.2. The summed E-state index contributed by atoms with van der Waals surface area (Å²) in [6.07, 6.45) is 4.15. The van der Waals surface area contributed by atoms with Crippen molar-refractivity contribution in [3.8, 4) is 0 Å². The van der Waals surface area contributed by atoms with Crippen LogP contribution in [0.4, 0.5) is 0 Å². The molecule has 1 atom stereocenters. The van der Waals surface area contributed by atoms with E-state index >= 15 is 0 Å². The summed E-state index contributed by atoms with van der Waals surface area (Å²) in [7, 11) is 0. The fraction of sp³-hybridized carbons (Fsp3) is 0.538. The predicted molar refractivity (Wildman–Crippen MR) is 69.4 cm³/mol. The molecule has 1 aromatic heterocycles. The number of hydrogen-bond donors (Lipinski definition) is 2. The van der Waals surface area contributed by atoms with Crippen LogP contribution in [0.2, 0.25) is 0 Å². The van der Waals surface area contributed by atoms with Gasteiger partial charge in [0.05, 0.1) is 0 Å². The molecule has 0 saturated heterocycles. The van der Waals surface area contributed by atoms with Gasteiger partial charge in [-0.05, 0) is 24.8 Å². The van der Waals surface area contributed by atoms with E-state index in [0.717, 1.165) is 5.69 Å². The van der Waals surface area contributed by atoms with Crippen LogP contribution < -0.4 is 5.32 Å². The Hall–Kier alpha value is -1.98. The lowest BCUT2D eigenvalue weighted by atomic mass is 10.0. The number of nitrogens with zero attached hydrogens (tertiary/aromatic N) is 2. The maximum Gasteiger partial charge on any atom is 0.326 e. The number of aliphatic carboxylic acids is 1.